The SMILES string of the molecule is CON(C)C(=O)CCC(O)c1ccc2ccccc2c1. The van der Waals surface area contributed by atoms with E-state index in [-0.39, 0.29) is 12.3 Å². The molecule has 0 saturated heterocycles. The number of nitrogens with zero attached hydrogens (tertiary/aromatic N) is 1. The number of benzene rings is 2. The molecule has 0 aliphatic carbocycles. The molecule has 4 heteroatoms. The van der Waals surface area contributed by atoms with Crippen molar-refractivity contribution in [3.8, 4) is 0 Å². The second kappa shape index (κ2) is 6.50. The summed E-state index contributed by atoms with van der Waals surface area (Å²) in [7, 11) is 3.00. The Morgan fingerprint density at radius 2 is 1.95 bits per heavy atom. The maximum absolute atomic E-state index is 11.6. The lowest BCUT2D eigenvalue weighted by Gasteiger charge is -2.15. The quantitative estimate of drug-likeness (QED) is 0.852. The number of hydrogen-bond donors (Lipinski definition) is 1. The van der Waals surface area contributed by atoms with Crippen LogP contribution in [0.2, 0.25) is 0 Å². The van der Waals surface area contributed by atoms with Crippen LogP contribution in [-0.4, -0.2) is 30.2 Å². The third-order valence-corrected chi connectivity index (χ3v) is 3.42. The number of carbonyl (C=O) groups excluding carboxylic acids is 1. The predicted octanol–water partition coefficient (Wildman–Crippen LogP) is 2.67. The monoisotopic (exact) mass is 273 g/mol. The van der Waals surface area contributed by atoms with E-state index >= 15 is 0 Å². The zero-order valence-corrected chi connectivity index (χ0v) is 11.7. The van der Waals surface area contributed by atoms with Gasteiger partial charge >= 0.3 is 0 Å². The minimum Gasteiger partial charge on any atom is -0.388 e. The average Bonchev–Trinajstić information content (AvgIpc) is 2.50. The van der Waals surface area contributed by atoms with Gasteiger partial charge in [-0.2, -0.15) is 0 Å². The number of hydroxylamine groups is 2. The van der Waals surface area contributed by atoms with E-state index < -0.39 is 6.10 Å². The smallest absolute Gasteiger partial charge is 0.245 e. The topological polar surface area (TPSA) is 49.8 Å². The molecule has 0 bridgehead atoms. The summed E-state index contributed by atoms with van der Waals surface area (Å²) in [4.78, 5) is 16.4. The molecule has 4 nitrogen and oxygen atoms in total. The Hall–Kier alpha value is -1.91. The van der Waals surface area contributed by atoms with Crippen LogP contribution in [0.4, 0.5) is 0 Å². The number of carbonyl (C=O) groups is 1. The highest BCUT2D eigenvalue weighted by Crippen LogP contribution is 2.23. The van der Waals surface area contributed by atoms with Gasteiger partial charge in [-0.05, 0) is 28.8 Å². The van der Waals surface area contributed by atoms with Gasteiger partial charge in [-0.3, -0.25) is 9.63 Å². The molecule has 0 aliphatic rings. The summed E-state index contributed by atoms with van der Waals surface area (Å²) in [5.74, 6) is -0.146. The van der Waals surface area contributed by atoms with Gasteiger partial charge in [0, 0.05) is 13.5 Å². The lowest BCUT2D eigenvalue weighted by Crippen LogP contribution is -2.25. The summed E-state index contributed by atoms with van der Waals surface area (Å²) in [6.07, 6.45) is -0.0164. The Kier molecular flexibility index (Phi) is 4.71. The van der Waals surface area contributed by atoms with Crippen LogP contribution in [0.15, 0.2) is 42.5 Å². The first kappa shape index (κ1) is 14.5. The maximum Gasteiger partial charge on any atom is 0.245 e. The molecule has 0 fully saturated rings. The highest BCUT2D eigenvalue weighted by atomic mass is 16.7. The lowest BCUT2D eigenvalue weighted by atomic mass is 10.0. The molecule has 2 aromatic rings. The van der Waals surface area contributed by atoms with Crippen molar-refractivity contribution >= 4 is 16.7 Å². The Balaban J connectivity index is 2.04. The van der Waals surface area contributed by atoms with E-state index in [2.05, 4.69) is 0 Å². The highest BCUT2D eigenvalue weighted by Gasteiger charge is 2.13. The zero-order valence-electron chi connectivity index (χ0n) is 11.7. The molecule has 1 unspecified atom stereocenters. The van der Waals surface area contributed by atoms with Gasteiger partial charge in [-0.25, -0.2) is 5.06 Å². The fourth-order valence-electron chi connectivity index (χ4n) is 2.10. The summed E-state index contributed by atoms with van der Waals surface area (Å²) >= 11 is 0. The molecule has 106 valence electrons. The summed E-state index contributed by atoms with van der Waals surface area (Å²) in [5, 5.41) is 13.6. The minimum atomic E-state index is -0.645. The molecule has 0 spiro atoms. The third kappa shape index (κ3) is 3.35. The fraction of sp³-hybridized carbons (Fsp3) is 0.312. The average molecular weight is 273 g/mol. The molecule has 0 aromatic heterocycles. The Labute approximate surface area is 118 Å². The van der Waals surface area contributed by atoms with Crippen molar-refractivity contribution in [2.45, 2.75) is 18.9 Å². The van der Waals surface area contributed by atoms with Gasteiger partial charge in [0.1, 0.15) is 0 Å². The van der Waals surface area contributed by atoms with Crippen LogP contribution in [0.5, 0.6) is 0 Å². The van der Waals surface area contributed by atoms with Gasteiger partial charge < -0.3 is 5.11 Å². The van der Waals surface area contributed by atoms with Crippen molar-refractivity contribution in [1.82, 2.24) is 5.06 Å². The van der Waals surface area contributed by atoms with Crippen LogP contribution < -0.4 is 0 Å². The molecule has 0 aliphatic heterocycles. The molecule has 0 radical (unpaired) electrons. The fourth-order valence-corrected chi connectivity index (χ4v) is 2.10. The van der Waals surface area contributed by atoms with Crippen LogP contribution in [0.3, 0.4) is 0 Å². The first-order valence-electron chi connectivity index (χ1n) is 6.59. The normalized spacial score (nSPS) is 12.3. The summed E-state index contributed by atoms with van der Waals surface area (Å²) in [6.45, 7) is 0. The minimum absolute atomic E-state index is 0.146. The van der Waals surface area contributed by atoms with Crippen LogP contribution in [-0.2, 0) is 9.63 Å². The van der Waals surface area contributed by atoms with Crippen molar-refractivity contribution in [2.24, 2.45) is 0 Å². The second-order valence-corrected chi connectivity index (χ2v) is 4.73. The molecule has 1 amide bonds. The number of aliphatic hydroxyl groups excluding tert-OH is 1. The number of aliphatic hydroxyl groups is 1. The van der Waals surface area contributed by atoms with E-state index in [1.807, 2.05) is 42.5 Å². The van der Waals surface area contributed by atoms with Crippen LogP contribution in [0.25, 0.3) is 10.8 Å². The molecular weight excluding hydrogens is 254 g/mol. The maximum atomic E-state index is 11.6. The van der Waals surface area contributed by atoms with Gasteiger partial charge in [-0.1, -0.05) is 36.4 Å². The second-order valence-electron chi connectivity index (χ2n) is 4.73. The molecular formula is C16H19NO3. The van der Waals surface area contributed by atoms with Crippen molar-refractivity contribution in [3.05, 3.63) is 48.0 Å². The van der Waals surface area contributed by atoms with Crippen molar-refractivity contribution in [3.63, 3.8) is 0 Å². The van der Waals surface area contributed by atoms with Gasteiger partial charge in [0.05, 0.1) is 13.2 Å². The van der Waals surface area contributed by atoms with E-state index in [0.29, 0.717) is 6.42 Å². The van der Waals surface area contributed by atoms with Crippen molar-refractivity contribution in [1.29, 1.82) is 0 Å². The third-order valence-electron chi connectivity index (χ3n) is 3.42. The van der Waals surface area contributed by atoms with E-state index in [1.54, 1.807) is 7.05 Å². The highest BCUT2D eigenvalue weighted by molar-refractivity contribution is 5.83. The van der Waals surface area contributed by atoms with Crippen LogP contribution in [0.1, 0.15) is 24.5 Å². The van der Waals surface area contributed by atoms with E-state index in [1.165, 1.54) is 12.2 Å². The zero-order chi connectivity index (χ0) is 14.5. The first-order chi connectivity index (χ1) is 9.61. The van der Waals surface area contributed by atoms with Crippen LogP contribution >= 0.6 is 0 Å². The predicted molar refractivity (Wildman–Crippen MR) is 77.9 cm³/mol. The lowest BCUT2D eigenvalue weighted by molar-refractivity contribution is -0.169. The van der Waals surface area contributed by atoms with Gasteiger partial charge in [0.2, 0.25) is 5.91 Å². The molecule has 1 N–H and O–H groups in total. The molecule has 1 atom stereocenters. The molecule has 0 heterocycles. The van der Waals surface area contributed by atoms with Crippen molar-refractivity contribution < 1.29 is 14.7 Å². The number of rotatable bonds is 5. The van der Waals surface area contributed by atoms with Gasteiger partial charge in [-0.15, -0.1) is 0 Å². The standard InChI is InChI=1S/C16H19NO3/c1-17(20-2)16(19)10-9-15(18)14-8-7-12-5-3-4-6-13(12)11-14/h3-8,11,15,18H,9-10H2,1-2H3. The van der Waals surface area contributed by atoms with E-state index in [0.717, 1.165) is 16.3 Å². The number of fused-ring (bicyclic) bond motifs is 1. The summed E-state index contributed by atoms with van der Waals surface area (Å²) in [6, 6.07) is 13.8. The van der Waals surface area contributed by atoms with E-state index in [4.69, 9.17) is 4.84 Å². The van der Waals surface area contributed by atoms with Gasteiger partial charge in [0.15, 0.2) is 0 Å². The van der Waals surface area contributed by atoms with Crippen LogP contribution in [0, 0.1) is 0 Å². The Morgan fingerprint density at radius 3 is 2.65 bits per heavy atom. The number of hydrogen-bond acceptors (Lipinski definition) is 3. The Bertz CT molecular complexity index is 597. The number of amides is 1. The summed E-state index contributed by atoms with van der Waals surface area (Å²) in [5.41, 5.74) is 0.830. The molecule has 20 heavy (non-hydrogen) atoms. The van der Waals surface area contributed by atoms with E-state index in [9.17, 15) is 9.90 Å². The molecule has 2 rings (SSSR count). The Morgan fingerprint density at radius 1 is 1.25 bits per heavy atom. The molecule has 0 saturated carbocycles. The summed E-state index contributed by atoms with van der Waals surface area (Å²) < 4.78 is 0. The van der Waals surface area contributed by atoms with Crippen molar-refractivity contribution in [2.75, 3.05) is 14.2 Å². The largest absolute Gasteiger partial charge is 0.388 e. The van der Waals surface area contributed by atoms with Gasteiger partial charge in [0.25, 0.3) is 0 Å². The first-order valence-corrected chi connectivity index (χ1v) is 6.59. The molecule has 2 aromatic carbocycles.